The van der Waals surface area contributed by atoms with Gasteiger partial charge in [-0.2, -0.15) is 9.78 Å². The number of nitrogens with zero attached hydrogens (tertiary/aromatic N) is 5. The van der Waals surface area contributed by atoms with E-state index >= 15 is 0 Å². The zero-order valence-electron chi connectivity index (χ0n) is 17.8. The summed E-state index contributed by atoms with van der Waals surface area (Å²) >= 11 is 0. The molecule has 0 aliphatic carbocycles. The average Bonchev–Trinajstić information content (AvgIpc) is 3.12. The zero-order valence-corrected chi connectivity index (χ0v) is 17.8. The lowest BCUT2D eigenvalue weighted by molar-refractivity contribution is 0.0343. The van der Waals surface area contributed by atoms with Crippen molar-refractivity contribution in [3.8, 4) is 11.8 Å². The van der Waals surface area contributed by atoms with Crippen LogP contribution in [0.15, 0.2) is 18.2 Å². The van der Waals surface area contributed by atoms with Gasteiger partial charge in [0.2, 0.25) is 0 Å². The van der Waals surface area contributed by atoms with Gasteiger partial charge in [-0.05, 0) is 26.0 Å². The molecule has 0 spiro atoms. The highest BCUT2D eigenvalue weighted by molar-refractivity contribution is 6.01. The van der Waals surface area contributed by atoms with Crippen molar-refractivity contribution in [1.29, 1.82) is 5.26 Å². The van der Waals surface area contributed by atoms with E-state index in [4.69, 9.17) is 15.2 Å². The van der Waals surface area contributed by atoms with Crippen molar-refractivity contribution >= 4 is 29.1 Å². The molecule has 32 heavy (non-hydrogen) atoms. The minimum absolute atomic E-state index is 0.0141. The minimum Gasteiger partial charge on any atom is -0.487 e. The first-order valence-corrected chi connectivity index (χ1v) is 10.0. The molecule has 0 radical (unpaired) electrons. The van der Waals surface area contributed by atoms with Gasteiger partial charge >= 0.3 is 5.97 Å². The Hall–Kier alpha value is -4.07. The van der Waals surface area contributed by atoms with Crippen molar-refractivity contribution in [2.75, 3.05) is 36.1 Å². The second-order valence-corrected chi connectivity index (χ2v) is 7.30. The molecule has 2 aromatic heterocycles. The molecule has 4 rings (SSSR count). The average molecular weight is 439 g/mol. The minimum atomic E-state index is -0.681. The van der Waals surface area contributed by atoms with E-state index in [2.05, 4.69) is 15.4 Å². The van der Waals surface area contributed by atoms with Crippen molar-refractivity contribution in [3.05, 3.63) is 40.7 Å². The number of carbonyl (C=O) groups excluding carboxylic acids is 1. The number of nitrogens with two attached hydrogens (primary N) is 1. The molecule has 0 unspecified atom stereocenters. The van der Waals surface area contributed by atoms with Gasteiger partial charge in [0.25, 0.3) is 0 Å². The first-order valence-electron chi connectivity index (χ1n) is 10.0. The molecule has 1 aliphatic heterocycles. The summed E-state index contributed by atoms with van der Waals surface area (Å²) in [7, 11) is 1.70. The highest BCUT2D eigenvalue weighted by Crippen LogP contribution is 2.31. The summed E-state index contributed by atoms with van der Waals surface area (Å²) < 4.78 is 27.2. The number of fused-ring (bicyclic) bond motifs is 2. The van der Waals surface area contributed by atoms with E-state index < -0.39 is 17.9 Å². The molecule has 3 heterocycles. The largest absolute Gasteiger partial charge is 0.487 e. The number of ether oxygens (including phenoxy) is 2. The van der Waals surface area contributed by atoms with Crippen molar-refractivity contribution < 1.29 is 18.7 Å². The van der Waals surface area contributed by atoms with Crippen molar-refractivity contribution in [2.24, 2.45) is 0 Å². The monoisotopic (exact) mass is 439 g/mol. The summed E-state index contributed by atoms with van der Waals surface area (Å²) in [6.45, 7) is 4.14. The van der Waals surface area contributed by atoms with Gasteiger partial charge in [0, 0.05) is 31.8 Å². The number of cyclic esters (lactones) is 1. The molecule has 1 aliphatic rings. The van der Waals surface area contributed by atoms with E-state index in [1.54, 1.807) is 20.0 Å². The number of halogens is 1. The van der Waals surface area contributed by atoms with E-state index in [0.29, 0.717) is 29.5 Å². The third-order valence-corrected chi connectivity index (χ3v) is 5.23. The third kappa shape index (κ3) is 3.49. The maximum absolute atomic E-state index is 14.4. The molecule has 0 amide bonds. The molecule has 1 aromatic carbocycles. The summed E-state index contributed by atoms with van der Waals surface area (Å²) in [4.78, 5) is 19.3. The van der Waals surface area contributed by atoms with Crippen LogP contribution < -0.4 is 20.7 Å². The van der Waals surface area contributed by atoms with Gasteiger partial charge < -0.3 is 25.4 Å². The normalized spacial score (nSPS) is 16.3. The number of esters is 1. The Morgan fingerprint density at radius 2 is 2.22 bits per heavy atom. The zero-order chi connectivity index (χ0) is 23.0. The first-order chi connectivity index (χ1) is 15.4. The van der Waals surface area contributed by atoms with E-state index in [0.717, 1.165) is 0 Å². The highest BCUT2D eigenvalue weighted by atomic mass is 19.1. The van der Waals surface area contributed by atoms with Gasteiger partial charge in [-0.1, -0.05) is 0 Å². The number of benzene rings is 1. The predicted octanol–water partition coefficient (Wildman–Crippen LogP) is 2.33. The van der Waals surface area contributed by atoms with Crippen molar-refractivity contribution in [3.63, 3.8) is 0 Å². The number of nitrogens with one attached hydrogen (secondary N) is 1. The fraction of sp³-hybridized carbons (Fsp3) is 0.333. The number of nitriles is 1. The van der Waals surface area contributed by atoms with Gasteiger partial charge in [-0.15, -0.1) is 5.10 Å². The summed E-state index contributed by atoms with van der Waals surface area (Å²) in [6, 6.07) is 6.32. The predicted molar refractivity (Wildman–Crippen MR) is 115 cm³/mol. The molecule has 10 nitrogen and oxygen atoms in total. The molecule has 166 valence electrons. The SMILES string of the molecule is CCN1Cc2c(ccc(F)c2C#N)O[C@@H](C)COC(=O)c2c(N)nn3c(NC)cc1nc23. The maximum Gasteiger partial charge on any atom is 0.346 e. The summed E-state index contributed by atoms with van der Waals surface area (Å²) in [5, 5.41) is 16.8. The second kappa shape index (κ2) is 8.22. The molecule has 2 bridgehead atoms. The third-order valence-electron chi connectivity index (χ3n) is 5.23. The Bertz CT molecular complexity index is 1250. The van der Waals surface area contributed by atoms with Crippen LogP contribution in [0.25, 0.3) is 5.65 Å². The van der Waals surface area contributed by atoms with Crippen LogP contribution in [0.1, 0.15) is 35.3 Å². The molecule has 3 aromatic rings. The number of aromatic nitrogens is 3. The fourth-order valence-corrected chi connectivity index (χ4v) is 3.61. The van der Waals surface area contributed by atoms with Crippen LogP contribution in [0.2, 0.25) is 0 Å². The number of anilines is 3. The van der Waals surface area contributed by atoms with Crippen LogP contribution in [-0.2, 0) is 11.3 Å². The van der Waals surface area contributed by atoms with Gasteiger partial charge in [0.15, 0.2) is 11.5 Å². The van der Waals surface area contributed by atoms with Gasteiger partial charge in [0.1, 0.15) is 47.5 Å². The molecule has 11 heteroatoms. The summed E-state index contributed by atoms with van der Waals surface area (Å²) in [5.41, 5.74) is 6.57. The lowest BCUT2D eigenvalue weighted by atomic mass is 10.1. The van der Waals surface area contributed by atoms with Gasteiger partial charge in [-0.25, -0.2) is 14.2 Å². The Kier molecular flexibility index (Phi) is 5.44. The van der Waals surface area contributed by atoms with Crippen LogP contribution in [0.4, 0.5) is 21.8 Å². The topological polar surface area (TPSA) is 131 Å². The Labute approximate surface area is 183 Å². The smallest absolute Gasteiger partial charge is 0.346 e. The fourth-order valence-electron chi connectivity index (χ4n) is 3.61. The highest BCUT2D eigenvalue weighted by Gasteiger charge is 2.27. The Morgan fingerprint density at radius 3 is 2.91 bits per heavy atom. The lowest BCUT2D eigenvalue weighted by Gasteiger charge is -2.25. The summed E-state index contributed by atoms with van der Waals surface area (Å²) in [5.74, 6) is 0.0122. The van der Waals surface area contributed by atoms with Crippen LogP contribution >= 0.6 is 0 Å². The molecule has 0 fully saturated rings. The number of rotatable bonds is 2. The molecule has 1 atom stereocenters. The number of hydrogen-bond donors (Lipinski definition) is 2. The first kappa shape index (κ1) is 21.2. The molecule has 3 N–H and O–H groups in total. The Morgan fingerprint density at radius 1 is 1.44 bits per heavy atom. The molecule has 0 saturated heterocycles. The second-order valence-electron chi connectivity index (χ2n) is 7.30. The summed E-state index contributed by atoms with van der Waals surface area (Å²) in [6.07, 6.45) is -0.568. The Balaban J connectivity index is 1.97. The molecular formula is C21H22FN7O3. The van der Waals surface area contributed by atoms with E-state index in [1.807, 2.05) is 17.9 Å². The van der Waals surface area contributed by atoms with Crippen LogP contribution in [-0.4, -0.2) is 46.9 Å². The van der Waals surface area contributed by atoms with Crippen LogP contribution in [0.3, 0.4) is 0 Å². The quantitative estimate of drug-likeness (QED) is 0.578. The van der Waals surface area contributed by atoms with Gasteiger partial charge in [0.05, 0.1) is 5.56 Å². The van der Waals surface area contributed by atoms with Crippen LogP contribution in [0.5, 0.6) is 5.75 Å². The molecule has 0 saturated carbocycles. The van der Waals surface area contributed by atoms with Gasteiger partial charge in [-0.3, -0.25) is 0 Å². The number of carbonyl (C=O) groups is 1. The van der Waals surface area contributed by atoms with E-state index in [9.17, 15) is 14.4 Å². The lowest BCUT2D eigenvalue weighted by Crippen LogP contribution is -2.26. The van der Waals surface area contributed by atoms with Crippen LogP contribution in [0, 0.1) is 17.1 Å². The number of hydrogen-bond acceptors (Lipinski definition) is 9. The van der Waals surface area contributed by atoms with E-state index in [1.165, 1.54) is 16.6 Å². The van der Waals surface area contributed by atoms with Crippen molar-refractivity contribution in [1.82, 2.24) is 14.6 Å². The van der Waals surface area contributed by atoms with E-state index in [-0.39, 0.29) is 35.7 Å². The maximum atomic E-state index is 14.4. The number of nitrogen functional groups attached to an aromatic ring is 1. The standard InChI is InChI=1S/C21H22FN7O3/c1-4-28-9-13-12(8-23)14(22)5-6-15(13)32-11(2)10-31-21(30)18-19(24)27-29-16(25-3)7-17(28)26-20(18)29/h5-7,11,25H,4,9-10H2,1-3H3,(H2,24,27)/t11-/m0/s1. The molecular weight excluding hydrogens is 417 g/mol. The van der Waals surface area contributed by atoms with Crippen molar-refractivity contribution in [2.45, 2.75) is 26.5 Å².